The normalized spacial score (nSPS) is 12.8. The Morgan fingerprint density at radius 1 is 0.800 bits per heavy atom. The third kappa shape index (κ3) is 4.77. The van der Waals surface area contributed by atoms with Gasteiger partial charge in [-0.15, -0.1) is 0 Å². The number of benzene rings is 2. The zero-order valence-corrected chi connectivity index (χ0v) is 15.1. The highest BCUT2D eigenvalue weighted by Crippen LogP contribution is 2.21. The van der Waals surface area contributed by atoms with Crippen LogP contribution in [0.5, 0.6) is 0 Å². The fourth-order valence-electron chi connectivity index (χ4n) is 2.13. The minimum Gasteiger partial charge on any atom is -0.478 e. The van der Waals surface area contributed by atoms with Crippen molar-refractivity contribution in [3.05, 3.63) is 59.7 Å². The van der Waals surface area contributed by atoms with Crippen molar-refractivity contribution in [1.29, 1.82) is 0 Å². The molecule has 0 bridgehead atoms. The van der Waals surface area contributed by atoms with Gasteiger partial charge in [0.2, 0.25) is 0 Å². The molecule has 0 fully saturated rings. The largest absolute Gasteiger partial charge is 0.478 e. The summed E-state index contributed by atoms with van der Waals surface area (Å²) in [5, 5.41) is 9.42. The molecule has 0 amide bonds. The van der Waals surface area contributed by atoms with E-state index < -0.39 is 25.6 Å². The molecule has 0 spiro atoms. The van der Waals surface area contributed by atoms with E-state index in [2.05, 4.69) is 0 Å². The fraction of sp³-hybridized carbons (Fsp3) is 0.118. The van der Waals surface area contributed by atoms with Gasteiger partial charge >= 0.3 is 5.97 Å². The van der Waals surface area contributed by atoms with Gasteiger partial charge in [-0.2, -0.15) is 0 Å². The number of aliphatic carboxylic acids is 1. The van der Waals surface area contributed by atoms with Crippen molar-refractivity contribution in [3.8, 4) is 0 Å². The summed E-state index contributed by atoms with van der Waals surface area (Å²) in [6, 6.07) is 11.3. The molecule has 0 saturated heterocycles. The van der Waals surface area contributed by atoms with E-state index in [1.807, 2.05) is 0 Å². The van der Waals surface area contributed by atoms with E-state index in [9.17, 15) is 26.7 Å². The second kappa shape index (κ2) is 6.81. The summed E-state index contributed by atoms with van der Waals surface area (Å²) >= 11 is 0. The summed E-state index contributed by atoms with van der Waals surface area (Å²) in [7, 11) is -6.70. The van der Waals surface area contributed by atoms with Crippen LogP contribution in [0.4, 0.5) is 0 Å². The molecule has 0 atom stereocenters. The average molecular weight is 380 g/mol. The van der Waals surface area contributed by atoms with Crippen LogP contribution in [0.25, 0.3) is 11.6 Å². The van der Waals surface area contributed by atoms with Crippen molar-refractivity contribution in [2.24, 2.45) is 0 Å². The van der Waals surface area contributed by atoms with Gasteiger partial charge in [0.05, 0.1) is 15.4 Å². The molecule has 8 heteroatoms. The Morgan fingerprint density at radius 3 is 1.56 bits per heavy atom. The monoisotopic (exact) mass is 380 g/mol. The predicted molar refractivity (Wildman–Crippen MR) is 94.6 cm³/mol. The summed E-state index contributed by atoms with van der Waals surface area (Å²) in [6.07, 6.45) is 3.55. The van der Waals surface area contributed by atoms with Crippen LogP contribution >= 0.6 is 0 Å². The summed E-state index contributed by atoms with van der Waals surface area (Å²) in [5.41, 5.74) is 0.816. The Balaban J connectivity index is 2.44. The molecule has 0 aromatic heterocycles. The van der Waals surface area contributed by atoms with E-state index in [1.54, 1.807) is 0 Å². The van der Waals surface area contributed by atoms with E-state index >= 15 is 0 Å². The molecule has 2 aromatic rings. The highest BCUT2D eigenvalue weighted by molar-refractivity contribution is 7.91. The second-order valence-electron chi connectivity index (χ2n) is 5.50. The van der Waals surface area contributed by atoms with Crippen LogP contribution in [0, 0.1) is 0 Å². The van der Waals surface area contributed by atoms with Gasteiger partial charge in [0.25, 0.3) is 0 Å². The van der Waals surface area contributed by atoms with Gasteiger partial charge in [0.1, 0.15) is 0 Å². The molecule has 6 nitrogen and oxygen atoms in total. The molecule has 2 rings (SSSR count). The Bertz CT molecular complexity index is 1030. The first-order valence-electron chi connectivity index (χ1n) is 7.04. The zero-order chi connectivity index (χ0) is 18.8. The summed E-state index contributed by atoms with van der Waals surface area (Å²) in [4.78, 5) is 11.8. The maximum atomic E-state index is 11.5. The Labute approximate surface area is 146 Å². The van der Waals surface area contributed by atoms with Crippen LogP contribution in [0.2, 0.25) is 0 Å². The summed E-state index contributed by atoms with van der Waals surface area (Å²) in [6.45, 7) is 0. The lowest BCUT2D eigenvalue weighted by Crippen LogP contribution is -2.01. The van der Waals surface area contributed by atoms with E-state index in [-0.39, 0.29) is 15.4 Å². The van der Waals surface area contributed by atoms with Crippen LogP contribution in [-0.4, -0.2) is 40.4 Å². The van der Waals surface area contributed by atoms with Crippen LogP contribution in [0.3, 0.4) is 0 Å². The van der Waals surface area contributed by atoms with Crippen molar-refractivity contribution >= 4 is 37.3 Å². The molecule has 25 heavy (non-hydrogen) atoms. The SMILES string of the molecule is CS(=O)(=O)c1ccc(/C=C(/C(=O)O)c2ccc(S(C)(=O)=O)cc2)cc1. The number of hydrogen-bond donors (Lipinski definition) is 1. The Morgan fingerprint density at radius 2 is 1.20 bits per heavy atom. The number of carbonyl (C=O) groups is 1. The quantitative estimate of drug-likeness (QED) is 0.629. The standard InChI is InChI=1S/C17H16O6S2/c1-24(20,21)14-7-3-12(4-8-14)11-16(17(18)19)13-5-9-15(10-6-13)25(2,22)23/h3-11H,1-2H3,(H,18,19)/b16-11+. The molecule has 0 heterocycles. The predicted octanol–water partition coefficient (Wildman–Crippen LogP) is 2.12. The molecular formula is C17H16O6S2. The van der Waals surface area contributed by atoms with E-state index in [1.165, 1.54) is 54.6 Å². The van der Waals surface area contributed by atoms with Gasteiger partial charge < -0.3 is 5.11 Å². The molecule has 1 N–H and O–H groups in total. The maximum absolute atomic E-state index is 11.5. The third-order valence-electron chi connectivity index (χ3n) is 3.44. The van der Waals surface area contributed by atoms with Crippen LogP contribution in [0.15, 0.2) is 58.3 Å². The number of carboxylic acid groups (broad SMARTS) is 1. The molecular weight excluding hydrogens is 364 g/mol. The maximum Gasteiger partial charge on any atom is 0.336 e. The number of carboxylic acids is 1. The van der Waals surface area contributed by atoms with Crippen molar-refractivity contribution in [2.75, 3.05) is 12.5 Å². The minimum atomic E-state index is -3.37. The number of hydrogen-bond acceptors (Lipinski definition) is 5. The number of rotatable bonds is 5. The van der Waals surface area contributed by atoms with Crippen LogP contribution in [0.1, 0.15) is 11.1 Å². The molecule has 2 aromatic carbocycles. The molecule has 0 saturated carbocycles. The molecule has 0 radical (unpaired) electrons. The van der Waals surface area contributed by atoms with Gasteiger partial charge in [-0.25, -0.2) is 21.6 Å². The fourth-order valence-corrected chi connectivity index (χ4v) is 3.39. The van der Waals surface area contributed by atoms with Gasteiger partial charge in [0.15, 0.2) is 19.7 Å². The Hall–Kier alpha value is -2.45. The highest BCUT2D eigenvalue weighted by Gasteiger charge is 2.13. The van der Waals surface area contributed by atoms with E-state index in [0.29, 0.717) is 11.1 Å². The lowest BCUT2D eigenvalue weighted by atomic mass is 10.0. The van der Waals surface area contributed by atoms with Gasteiger partial charge in [-0.3, -0.25) is 0 Å². The van der Waals surface area contributed by atoms with Gasteiger partial charge in [0, 0.05) is 12.5 Å². The minimum absolute atomic E-state index is 0.0350. The molecule has 0 aliphatic rings. The first kappa shape index (κ1) is 18.9. The molecule has 0 unspecified atom stereocenters. The smallest absolute Gasteiger partial charge is 0.336 e. The molecule has 0 aliphatic heterocycles. The van der Waals surface area contributed by atoms with Gasteiger partial charge in [-0.1, -0.05) is 24.3 Å². The lowest BCUT2D eigenvalue weighted by molar-refractivity contribution is -0.130. The zero-order valence-electron chi connectivity index (χ0n) is 13.5. The van der Waals surface area contributed by atoms with Crippen molar-refractivity contribution in [3.63, 3.8) is 0 Å². The summed E-state index contributed by atoms with van der Waals surface area (Å²) in [5.74, 6) is -1.18. The molecule has 0 aliphatic carbocycles. The van der Waals surface area contributed by atoms with Crippen molar-refractivity contribution in [1.82, 2.24) is 0 Å². The topological polar surface area (TPSA) is 106 Å². The van der Waals surface area contributed by atoms with E-state index in [0.717, 1.165) is 12.5 Å². The highest BCUT2D eigenvalue weighted by atomic mass is 32.2. The summed E-state index contributed by atoms with van der Waals surface area (Å²) < 4.78 is 45.8. The van der Waals surface area contributed by atoms with Gasteiger partial charge in [-0.05, 0) is 41.5 Å². The number of sulfone groups is 2. The van der Waals surface area contributed by atoms with Crippen molar-refractivity contribution < 1.29 is 26.7 Å². The van der Waals surface area contributed by atoms with Crippen LogP contribution < -0.4 is 0 Å². The lowest BCUT2D eigenvalue weighted by Gasteiger charge is -2.05. The Kier molecular flexibility index (Phi) is 5.15. The molecule has 132 valence electrons. The average Bonchev–Trinajstić information content (AvgIpc) is 2.51. The first-order chi connectivity index (χ1) is 11.5. The second-order valence-corrected chi connectivity index (χ2v) is 9.53. The first-order valence-corrected chi connectivity index (χ1v) is 10.8. The van der Waals surface area contributed by atoms with Crippen molar-refractivity contribution in [2.45, 2.75) is 9.79 Å². The van der Waals surface area contributed by atoms with E-state index in [4.69, 9.17) is 0 Å². The van der Waals surface area contributed by atoms with Crippen LogP contribution in [-0.2, 0) is 24.5 Å². The third-order valence-corrected chi connectivity index (χ3v) is 5.70.